The first-order valence-corrected chi connectivity index (χ1v) is 6.06. The van der Waals surface area contributed by atoms with Crippen molar-refractivity contribution in [3.8, 4) is 5.88 Å². The third-order valence-electron chi connectivity index (χ3n) is 2.34. The molecule has 0 fully saturated rings. The standard InChI is InChI=1S/C12H20N4O2/c1-4-7-18-9-5-6-14-12(15-9)16-10(8(2)3)11(13)17/h5-6,8,10H,4,7H2,1-3H3,(H2,13,17)(H,14,15,16). The lowest BCUT2D eigenvalue weighted by Gasteiger charge is -2.18. The molecule has 0 aromatic carbocycles. The molecule has 0 aliphatic rings. The van der Waals surface area contributed by atoms with E-state index in [0.29, 0.717) is 18.4 Å². The van der Waals surface area contributed by atoms with Gasteiger partial charge in [-0.2, -0.15) is 4.98 Å². The molecule has 1 amide bonds. The van der Waals surface area contributed by atoms with Crippen LogP contribution in [0.15, 0.2) is 12.3 Å². The van der Waals surface area contributed by atoms with Crippen LogP contribution in [0.25, 0.3) is 0 Å². The molecule has 0 spiro atoms. The van der Waals surface area contributed by atoms with E-state index in [9.17, 15) is 4.79 Å². The highest BCUT2D eigenvalue weighted by atomic mass is 16.5. The lowest BCUT2D eigenvalue weighted by molar-refractivity contribution is -0.119. The van der Waals surface area contributed by atoms with E-state index >= 15 is 0 Å². The summed E-state index contributed by atoms with van der Waals surface area (Å²) >= 11 is 0. The van der Waals surface area contributed by atoms with E-state index in [1.165, 1.54) is 0 Å². The van der Waals surface area contributed by atoms with Crippen molar-refractivity contribution in [2.24, 2.45) is 11.7 Å². The Bertz CT molecular complexity index is 395. The van der Waals surface area contributed by atoms with Gasteiger partial charge >= 0.3 is 0 Å². The zero-order chi connectivity index (χ0) is 13.5. The highest BCUT2D eigenvalue weighted by molar-refractivity contribution is 5.82. The second-order valence-electron chi connectivity index (χ2n) is 4.34. The fraction of sp³-hybridized carbons (Fsp3) is 0.583. The van der Waals surface area contributed by atoms with Crippen molar-refractivity contribution in [2.75, 3.05) is 11.9 Å². The number of nitrogens with zero attached hydrogens (tertiary/aromatic N) is 2. The molecule has 0 saturated carbocycles. The van der Waals surface area contributed by atoms with Crippen LogP contribution in [0, 0.1) is 5.92 Å². The molecule has 1 rings (SSSR count). The van der Waals surface area contributed by atoms with Crippen LogP contribution in [0.2, 0.25) is 0 Å². The summed E-state index contributed by atoms with van der Waals surface area (Å²) in [5.41, 5.74) is 5.32. The lowest BCUT2D eigenvalue weighted by Crippen LogP contribution is -2.40. The summed E-state index contributed by atoms with van der Waals surface area (Å²) in [5, 5.41) is 2.92. The highest BCUT2D eigenvalue weighted by Gasteiger charge is 2.20. The van der Waals surface area contributed by atoms with Crippen LogP contribution in [0.1, 0.15) is 27.2 Å². The molecule has 1 atom stereocenters. The van der Waals surface area contributed by atoms with Gasteiger partial charge in [-0.25, -0.2) is 4.98 Å². The van der Waals surface area contributed by atoms with Crippen molar-refractivity contribution in [3.63, 3.8) is 0 Å². The number of aromatic nitrogens is 2. The number of carbonyl (C=O) groups is 1. The molecule has 6 nitrogen and oxygen atoms in total. The van der Waals surface area contributed by atoms with E-state index in [4.69, 9.17) is 10.5 Å². The summed E-state index contributed by atoms with van der Waals surface area (Å²) in [6, 6.07) is 1.18. The van der Waals surface area contributed by atoms with Crippen molar-refractivity contribution < 1.29 is 9.53 Å². The first-order valence-electron chi connectivity index (χ1n) is 6.06. The molecule has 0 bridgehead atoms. The molecule has 0 aliphatic heterocycles. The van der Waals surface area contributed by atoms with Gasteiger partial charge in [-0.3, -0.25) is 4.79 Å². The zero-order valence-electron chi connectivity index (χ0n) is 11.0. The topological polar surface area (TPSA) is 90.1 Å². The second kappa shape index (κ2) is 6.78. The summed E-state index contributed by atoms with van der Waals surface area (Å²) in [4.78, 5) is 19.5. The van der Waals surface area contributed by atoms with Gasteiger partial charge in [0.1, 0.15) is 6.04 Å². The molecule has 0 saturated heterocycles. The Balaban J connectivity index is 2.74. The Morgan fingerprint density at radius 1 is 1.56 bits per heavy atom. The van der Waals surface area contributed by atoms with E-state index < -0.39 is 11.9 Å². The maximum Gasteiger partial charge on any atom is 0.240 e. The van der Waals surface area contributed by atoms with Crippen molar-refractivity contribution in [1.29, 1.82) is 0 Å². The summed E-state index contributed by atoms with van der Waals surface area (Å²) in [6.45, 7) is 6.42. The summed E-state index contributed by atoms with van der Waals surface area (Å²) in [6.07, 6.45) is 2.49. The number of hydrogen-bond acceptors (Lipinski definition) is 5. The summed E-state index contributed by atoms with van der Waals surface area (Å²) in [5.74, 6) is 0.474. The maximum atomic E-state index is 11.3. The first kappa shape index (κ1) is 14.2. The van der Waals surface area contributed by atoms with Crippen LogP contribution < -0.4 is 15.8 Å². The molecule has 1 unspecified atom stereocenters. The maximum absolute atomic E-state index is 11.3. The number of carbonyl (C=O) groups excluding carboxylic acids is 1. The van der Waals surface area contributed by atoms with Crippen molar-refractivity contribution in [2.45, 2.75) is 33.2 Å². The summed E-state index contributed by atoms with van der Waals surface area (Å²) in [7, 11) is 0. The number of hydrogen-bond donors (Lipinski definition) is 2. The smallest absolute Gasteiger partial charge is 0.240 e. The Morgan fingerprint density at radius 3 is 2.83 bits per heavy atom. The molecule has 100 valence electrons. The van der Waals surface area contributed by atoms with Crippen LogP contribution in [0.4, 0.5) is 5.95 Å². The number of amides is 1. The minimum Gasteiger partial charge on any atom is -0.478 e. The van der Waals surface area contributed by atoms with E-state index in [-0.39, 0.29) is 5.92 Å². The second-order valence-corrected chi connectivity index (χ2v) is 4.34. The average molecular weight is 252 g/mol. The van der Waals surface area contributed by atoms with Gasteiger partial charge in [0.05, 0.1) is 6.61 Å². The number of primary amides is 1. The van der Waals surface area contributed by atoms with Gasteiger partial charge in [0, 0.05) is 12.3 Å². The van der Waals surface area contributed by atoms with E-state index in [2.05, 4.69) is 15.3 Å². The average Bonchev–Trinajstić information content (AvgIpc) is 2.33. The van der Waals surface area contributed by atoms with Gasteiger partial charge in [-0.05, 0) is 12.3 Å². The molecule has 0 radical (unpaired) electrons. The SMILES string of the molecule is CCCOc1ccnc(NC(C(N)=O)C(C)C)n1. The van der Waals surface area contributed by atoms with Gasteiger partial charge in [0.15, 0.2) is 0 Å². The molecule has 0 aliphatic carbocycles. The van der Waals surface area contributed by atoms with Gasteiger partial charge in [-0.1, -0.05) is 20.8 Å². The molecule has 3 N–H and O–H groups in total. The fourth-order valence-corrected chi connectivity index (χ4v) is 1.40. The Hall–Kier alpha value is -1.85. The highest BCUT2D eigenvalue weighted by Crippen LogP contribution is 2.12. The first-order chi connectivity index (χ1) is 8.54. The van der Waals surface area contributed by atoms with E-state index in [1.807, 2.05) is 20.8 Å². The van der Waals surface area contributed by atoms with Crippen LogP contribution >= 0.6 is 0 Å². The van der Waals surface area contributed by atoms with Crippen molar-refractivity contribution in [1.82, 2.24) is 9.97 Å². The third kappa shape index (κ3) is 4.20. The van der Waals surface area contributed by atoms with E-state index in [0.717, 1.165) is 6.42 Å². The van der Waals surface area contributed by atoms with E-state index in [1.54, 1.807) is 12.3 Å². The number of ether oxygens (including phenoxy) is 1. The molecule has 6 heteroatoms. The van der Waals surface area contributed by atoms with Crippen LogP contribution in [0.5, 0.6) is 5.88 Å². The Morgan fingerprint density at radius 2 is 2.28 bits per heavy atom. The lowest BCUT2D eigenvalue weighted by atomic mass is 10.0. The Labute approximate surface area is 107 Å². The third-order valence-corrected chi connectivity index (χ3v) is 2.34. The van der Waals surface area contributed by atoms with Gasteiger partial charge < -0.3 is 15.8 Å². The number of nitrogens with one attached hydrogen (secondary N) is 1. The quantitative estimate of drug-likeness (QED) is 0.760. The monoisotopic (exact) mass is 252 g/mol. The van der Waals surface area contributed by atoms with Crippen molar-refractivity contribution in [3.05, 3.63) is 12.3 Å². The zero-order valence-corrected chi connectivity index (χ0v) is 11.0. The number of rotatable bonds is 7. The van der Waals surface area contributed by atoms with Gasteiger partial charge in [0.25, 0.3) is 0 Å². The predicted octanol–water partition coefficient (Wildman–Crippen LogP) is 1.19. The van der Waals surface area contributed by atoms with Crippen LogP contribution in [-0.4, -0.2) is 28.5 Å². The largest absolute Gasteiger partial charge is 0.478 e. The van der Waals surface area contributed by atoms with Crippen LogP contribution in [0.3, 0.4) is 0 Å². The van der Waals surface area contributed by atoms with Gasteiger partial charge in [-0.15, -0.1) is 0 Å². The predicted molar refractivity (Wildman–Crippen MR) is 69.3 cm³/mol. The molecule has 18 heavy (non-hydrogen) atoms. The van der Waals surface area contributed by atoms with Crippen molar-refractivity contribution >= 4 is 11.9 Å². The van der Waals surface area contributed by atoms with Gasteiger partial charge in [0.2, 0.25) is 17.7 Å². The number of anilines is 1. The number of nitrogens with two attached hydrogens (primary N) is 1. The molecule has 1 heterocycles. The van der Waals surface area contributed by atoms with Crippen LogP contribution in [-0.2, 0) is 4.79 Å². The molecule has 1 aromatic rings. The molecular formula is C12H20N4O2. The molecular weight excluding hydrogens is 232 g/mol. The summed E-state index contributed by atoms with van der Waals surface area (Å²) < 4.78 is 5.39. The fourth-order valence-electron chi connectivity index (χ4n) is 1.40. The minimum absolute atomic E-state index is 0.0614. The minimum atomic E-state index is -0.494. The normalized spacial score (nSPS) is 12.2. The molecule has 1 aromatic heterocycles. The Kier molecular flexibility index (Phi) is 5.35.